The van der Waals surface area contributed by atoms with Gasteiger partial charge in [0.05, 0.1) is 22.5 Å². The van der Waals surface area contributed by atoms with E-state index >= 15 is 0 Å². The van der Waals surface area contributed by atoms with E-state index in [2.05, 4.69) is 10.5 Å². The van der Waals surface area contributed by atoms with E-state index in [9.17, 15) is 9.59 Å². The second kappa shape index (κ2) is 6.51. The largest absolute Gasteiger partial charge is 0.489 e. The minimum atomic E-state index is -0.821. The number of amides is 1. The van der Waals surface area contributed by atoms with Crippen molar-refractivity contribution in [3.8, 4) is 5.75 Å². The molecule has 0 fully saturated rings. The predicted octanol–water partition coefficient (Wildman–Crippen LogP) is 3.06. The van der Waals surface area contributed by atoms with Gasteiger partial charge in [0, 0.05) is 12.3 Å². The Kier molecular flexibility index (Phi) is 4.25. The Morgan fingerprint density at radius 1 is 1.21 bits per heavy atom. The van der Waals surface area contributed by atoms with E-state index in [1.807, 2.05) is 38.1 Å². The van der Waals surface area contributed by atoms with E-state index in [0.717, 1.165) is 22.6 Å². The number of nitrogens with one attached hydrogen (secondary N) is 1. The highest BCUT2D eigenvalue weighted by atomic mass is 16.6. The zero-order valence-electron chi connectivity index (χ0n) is 16.3. The molecule has 1 aromatic carbocycles. The standard InChI is InChI=1S/C21H22N2O5/c1-11-16(12(2)28-23-11)10-26-14-7-5-13(6-8-14)15-9-17(24)22-19-18(15)20(25)27-21(19,3)4/h5-8,15H,9-10H2,1-4H3,(H,22,24). The second-order valence-electron chi connectivity index (χ2n) is 7.65. The number of cyclic esters (lactones) is 1. The summed E-state index contributed by atoms with van der Waals surface area (Å²) in [7, 11) is 0. The van der Waals surface area contributed by atoms with Gasteiger partial charge in [-0.05, 0) is 45.4 Å². The number of esters is 1. The second-order valence-corrected chi connectivity index (χ2v) is 7.65. The van der Waals surface area contributed by atoms with Gasteiger partial charge in [0.15, 0.2) is 0 Å². The first kappa shape index (κ1) is 18.3. The Hall–Kier alpha value is -3.09. The smallest absolute Gasteiger partial charge is 0.337 e. The molecule has 7 heteroatoms. The molecule has 1 unspecified atom stereocenters. The molecule has 1 N–H and O–H groups in total. The summed E-state index contributed by atoms with van der Waals surface area (Å²) in [5.74, 6) is 0.615. The molecule has 0 radical (unpaired) electrons. The molecule has 4 rings (SSSR count). The van der Waals surface area contributed by atoms with Crippen molar-refractivity contribution in [2.24, 2.45) is 0 Å². The molecule has 1 amide bonds. The first-order valence-corrected chi connectivity index (χ1v) is 9.18. The van der Waals surface area contributed by atoms with Gasteiger partial charge in [-0.2, -0.15) is 0 Å². The summed E-state index contributed by atoms with van der Waals surface area (Å²) in [6.07, 6.45) is 0.212. The first-order chi connectivity index (χ1) is 13.3. The molecule has 0 aliphatic carbocycles. The summed E-state index contributed by atoms with van der Waals surface area (Å²) < 4.78 is 16.4. The Morgan fingerprint density at radius 3 is 2.57 bits per heavy atom. The van der Waals surface area contributed by atoms with Crippen molar-refractivity contribution < 1.29 is 23.6 Å². The Labute approximate surface area is 162 Å². The van der Waals surface area contributed by atoms with Crippen LogP contribution in [0.1, 0.15) is 48.8 Å². The van der Waals surface area contributed by atoms with E-state index < -0.39 is 5.60 Å². The lowest BCUT2D eigenvalue weighted by atomic mass is 9.83. The lowest BCUT2D eigenvalue weighted by molar-refractivity contribution is -0.144. The van der Waals surface area contributed by atoms with Gasteiger partial charge in [0.2, 0.25) is 5.91 Å². The Bertz CT molecular complexity index is 965. The number of carbonyl (C=O) groups is 2. The van der Waals surface area contributed by atoms with Crippen LogP contribution in [-0.2, 0) is 20.9 Å². The van der Waals surface area contributed by atoms with Crippen molar-refractivity contribution in [3.05, 3.63) is 58.1 Å². The zero-order valence-corrected chi connectivity index (χ0v) is 16.3. The molecule has 28 heavy (non-hydrogen) atoms. The molecular weight excluding hydrogens is 360 g/mol. The fourth-order valence-corrected chi connectivity index (χ4v) is 3.72. The summed E-state index contributed by atoms with van der Waals surface area (Å²) >= 11 is 0. The number of carbonyl (C=O) groups excluding carboxylic acids is 2. The number of aryl methyl sites for hydroxylation is 2. The van der Waals surface area contributed by atoms with Gasteiger partial charge < -0.3 is 19.3 Å². The highest BCUT2D eigenvalue weighted by Crippen LogP contribution is 2.42. The quantitative estimate of drug-likeness (QED) is 0.818. The minimum Gasteiger partial charge on any atom is -0.489 e. The Balaban J connectivity index is 1.56. The summed E-state index contributed by atoms with van der Waals surface area (Å²) in [5.41, 5.74) is 2.90. The van der Waals surface area contributed by atoms with Gasteiger partial charge in [0.25, 0.3) is 0 Å². The van der Waals surface area contributed by atoms with Crippen molar-refractivity contribution in [3.63, 3.8) is 0 Å². The van der Waals surface area contributed by atoms with Crippen LogP contribution in [0.2, 0.25) is 0 Å². The maximum atomic E-state index is 12.4. The van der Waals surface area contributed by atoms with Crippen LogP contribution in [0.3, 0.4) is 0 Å². The van der Waals surface area contributed by atoms with Crippen LogP contribution in [0.4, 0.5) is 0 Å². The lowest BCUT2D eigenvalue weighted by Gasteiger charge is -2.27. The molecule has 2 aliphatic rings. The van der Waals surface area contributed by atoms with Gasteiger partial charge in [-0.25, -0.2) is 4.79 Å². The monoisotopic (exact) mass is 382 g/mol. The van der Waals surface area contributed by atoms with E-state index in [4.69, 9.17) is 14.0 Å². The predicted molar refractivity (Wildman–Crippen MR) is 99.4 cm³/mol. The number of benzene rings is 1. The van der Waals surface area contributed by atoms with E-state index in [0.29, 0.717) is 23.6 Å². The average Bonchev–Trinajstić information content (AvgIpc) is 3.08. The highest BCUT2D eigenvalue weighted by Gasteiger charge is 2.47. The molecule has 1 aromatic heterocycles. The number of hydrogen-bond acceptors (Lipinski definition) is 6. The van der Waals surface area contributed by atoms with Crippen molar-refractivity contribution in [2.75, 3.05) is 0 Å². The third-order valence-electron chi connectivity index (χ3n) is 5.29. The van der Waals surface area contributed by atoms with Crippen LogP contribution in [0.15, 0.2) is 40.1 Å². The van der Waals surface area contributed by atoms with E-state index in [-0.39, 0.29) is 24.2 Å². The molecular formula is C21H22N2O5. The topological polar surface area (TPSA) is 90.7 Å². The van der Waals surface area contributed by atoms with Crippen LogP contribution in [-0.4, -0.2) is 22.6 Å². The van der Waals surface area contributed by atoms with Crippen molar-refractivity contribution in [1.29, 1.82) is 0 Å². The van der Waals surface area contributed by atoms with Gasteiger partial charge in [-0.3, -0.25) is 4.79 Å². The maximum absolute atomic E-state index is 12.4. The van der Waals surface area contributed by atoms with Crippen LogP contribution in [0.5, 0.6) is 5.75 Å². The molecule has 7 nitrogen and oxygen atoms in total. The van der Waals surface area contributed by atoms with Crippen LogP contribution >= 0.6 is 0 Å². The van der Waals surface area contributed by atoms with Crippen LogP contribution < -0.4 is 10.1 Å². The van der Waals surface area contributed by atoms with Crippen molar-refractivity contribution in [1.82, 2.24) is 10.5 Å². The first-order valence-electron chi connectivity index (χ1n) is 9.18. The molecule has 146 valence electrons. The fourth-order valence-electron chi connectivity index (χ4n) is 3.72. The normalized spacial score (nSPS) is 20.6. The molecule has 1 atom stereocenters. The summed E-state index contributed by atoms with van der Waals surface area (Å²) in [6, 6.07) is 7.45. The molecule has 0 bridgehead atoms. The summed E-state index contributed by atoms with van der Waals surface area (Å²) in [6.45, 7) is 7.65. The highest BCUT2D eigenvalue weighted by molar-refractivity contribution is 5.99. The van der Waals surface area contributed by atoms with Gasteiger partial charge in [-0.15, -0.1) is 0 Å². The number of rotatable bonds is 4. The fraction of sp³-hybridized carbons (Fsp3) is 0.381. The molecule has 2 aliphatic heterocycles. The number of hydrogen-bond donors (Lipinski definition) is 1. The number of nitrogens with zero attached hydrogens (tertiary/aromatic N) is 1. The van der Waals surface area contributed by atoms with Crippen LogP contribution in [0, 0.1) is 13.8 Å². The van der Waals surface area contributed by atoms with E-state index in [1.165, 1.54) is 0 Å². The van der Waals surface area contributed by atoms with Crippen molar-refractivity contribution >= 4 is 11.9 Å². The minimum absolute atomic E-state index is 0.117. The zero-order chi connectivity index (χ0) is 20.1. The molecule has 3 heterocycles. The summed E-state index contributed by atoms with van der Waals surface area (Å²) in [5, 5.41) is 6.73. The number of ether oxygens (including phenoxy) is 2. The molecule has 0 saturated heterocycles. The summed E-state index contributed by atoms with van der Waals surface area (Å²) in [4.78, 5) is 24.6. The third kappa shape index (κ3) is 3.06. The van der Waals surface area contributed by atoms with Crippen molar-refractivity contribution in [2.45, 2.75) is 52.2 Å². The van der Waals surface area contributed by atoms with Gasteiger partial charge >= 0.3 is 5.97 Å². The van der Waals surface area contributed by atoms with E-state index in [1.54, 1.807) is 13.8 Å². The molecule has 0 spiro atoms. The molecule has 0 saturated carbocycles. The number of aromatic nitrogens is 1. The SMILES string of the molecule is Cc1noc(C)c1COc1ccc(C2CC(=O)NC3=C2C(=O)OC3(C)C)cc1. The Morgan fingerprint density at radius 2 is 1.93 bits per heavy atom. The average molecular weight is 382 g/mol. The lowest BCUT2D eigenvalue weighted by Crippen LogP contribution is -2.38. The van der Waals surface area contributed by atoms with Crippen LogP contribution in [0.25, 0.3) is 0 Å². The third-order valence-corrected chi connectivity index (χ3v) is 5.29. The van der Waals surface area contributed by atoms with Gasteiger partial charge in [-0.1, -0.05) is 17.3 Å². The molecule has 2 aromatic rings. The van der Waals surface area contributed by atoms with Gasteiger partial charge in [0.1, 0.15) is 23.7 Å². The maximum Gasteiger partial charge on any atom is 0.337 e.